The lowest BCUT2D eigenvalue weighted by atomic mass is 10.2. The number of halogens is 1. The molecule has 1 fully saturated rings. The molecule has 96 valence electrons. The second-order valence-corrected chi connectivity index (χ2v) is 5.75. The predicted octanol–water partition coefficient (Wildman–Crippen LogP) is 3.45. The van der Waals surface area contributed by atoms with Gasteiger partial charge in [-0.15, -0.1) is 0 Å². The maximum atomic E-state index is 6.30. The first kappa shape index (κ1) is 12.2. The number of para-hydroxylation sites is 1. The Morgan fingerprint density at radius 3 is 3.06 bits per heavy atom. The zero-order chi connectivity index (χ0) is 12.7. The molecular formula is C13H16ClN3S. The number of likely N-dealkylation sites (tertiary alicyclic amines) is 1. The third-order valence-corrected chi connectivity index (χ3v) is 4.44. The normalized spacial score (nSPS) is 20.9. The van der Waals surface area contributed by atoms with Crippen molar-refractivity contribution in [1.82, 2.24) is 14.5 Å². The van der Waals surface area contributed by atoms with Crippen LogP contribution in [0.25, 0.3) is 11.0 Å². The molecule has 1 aromatic carbocycles. The zero-order valence-electron chi connectivity index (χ0n) is 10.3. The monoisotopic (exact) mass is 281 g/mol. The molecule has 3 rings (SSSR count). The molecule has 2 aromatic rings. The Bertz CT molecular complexity index is 631. The smallest absolute Gasteiger partial charge is 0.178 e. The lowest BCUT2D eigenvalue weighted by Gasteiger charge is -2.20. The number of hydrogen-bond acceptors (Lipinski definition) is 2. The predicted molar refractivity (Wildman–Crippen MR) is 77.8 cm³/mol. The molecular weight excluding hydrogens is 266 g/mol. The van der Waals surface area contributed by atoms with Crippen LogP contribution in [-0.4, -0.2) is 34.1 Å². The van der Waals surface area contributed by atoms with Crippen molar-refractivity contribution in [3.05, 3.63) is 28.0 Å². The summed E-state index contributed by atoms with van der Waals surface area (Å²) in [5.74, 6) is 0. The van der Waals surface area contributed by atoms with Gasteiger partial charge >= 0.3 is 0 Å². The lowest BCUT2D eigenvalue weighted by molar-refractivity contribution is 0.283. The number of fused-ring (bicyclic) bond motifs is 1. The number of nitrogens with zero attached hydrogens (tertiary/aromatic N) is 2. The minimum Gasteiger partial charge on any atom is -0.331 e. The molecule has 5 heteroatoms. The van der Waals surface area contributed by atoms with Crippen LogP contribution in [0.4, 0.5) is 0 Å². The van der Waals surface area contributed by atoms with Crippen molar-refractivity contribution in [1.29, 1.82) is 0 Å². The first-order chi connectivity index (χ1) is 8.66. The minimum absolute atomic E-state index is 0.562. The maximum Gasteiger partial charge on any atom is 0.178 e. The Labute approximate surface area is 116 Å². The van der Waals surface area contributed by atoms with Gasteiger partial charge in [-0.1, -0.05) is 17.7 Å². The number of likely N-dealkylation sites (N-methyl/N-ethyl adjacent to an activating group) is 1. The number of rotatable bonds is 2. The molecule has 0 radical (unpaired) electrons. The Balaban J connectivity index is 2.06. The van der Waals surface area contributed by atoms with E-state index in [-0.39, 0.29) is 0 Å². The molecule has 1 aromatic heterocycles. The van der Waals surface area contributed by atoms with Gasteiger partial charge in [0, 0.05) is 12.6 Å². The quantitative estimate of drug-likeness (QED) is 0.853. The summed E-state index contributed by atoms with van der Waals surface area (Å²) >= 11 is 11.7. The number of nitrogens with one attached hydrogen (secondary N) is 1. The highest BCUT2D eigenvalue weighted by Gasteiger charge is 2.22. The third kappa shape index (κ3) is 1.98. The van der Waals surface area contributed by atoms with E-state index in [1.54, 1.807) is 0 Å². The molecule has 1 aliphatic heterocycles. The summed E-state index contributed by atoms with van der Waals surface area (Å²) in [7, 11) is 2.18. The maximum absolute atomic E-state index is 6.30. The average Bonchev–Trinajstić information content (AvgIpc) is 2.86. The Hall–Kier alpha value is -0.840. The van der Waals surface area contributed by atoms with E-state index in [0.29, 0.717) is 6.04 Å². The summed E-state index contributed by atoms with van der Waals surface area (Å²) in [6.45, 7) is 2.09. The van der Waals surface area contributed by atoms with E-state index in [1.807, 2.05) is 18.2 Å². The van der Waals surface area contributed by atoms with E-state index in [0.717, 1.165) is 27.4 Å². The molecule has 1 saturated heterocycles. The summed E-state index contributed by atoms with van der Waals surface area (Å²) in [4.78, 5) is 5.63. The molecule has 0 aliphatic carbocycles. The van der Waals surface area contributed by atoms with Crippen LogP contribution >= 0.6 is 23.8 Å². The molecule has 0 amide bonds. The fourth-order valence-corrected chi connectivity index (χ4v) is 3.32. The van der Waals surface area contributed by atoms with E-state index in [9.17, 15) is 0 Å². The summed E-state index contributed by atoms with van der Waals surface area (Å²) in [6.07, 6.45) is 2.50. The van der Waals surface area contributed by atoms with Crippen LogP contribution in [0.2, 0.25) is 5.02 Å². The number of imidazole rings is 1. The van der Waals surface area contributed by atoms with Crippen molar-refractivity contribution in [2.45, 2.75) is 25.4 Å². The Kier molecular flexibility index (Phi) is 3.18. The van der Waals surface area contributed by atoms with Crippen LogP contribution in [0.3, 0.4) is 0 Å². The van der Waals surface area contributed by atoms with Gasteiger partial charge in [0.2, 0.25) is 0 Å². The summed E-state index contributed by atoms with van der Waals surface area (Å²) in [5.41, 5.74) is 2.05. The number of H-pyrrole nitrogens is 1. The van der Waals surface area contributed by atoms with Crippen molar-refractivity contribution in [3.63, 3.8) is 0 Å². The Morgan fingerprint density at radius 1 is 1.50 bits per heavy atom. The minimum atomic E-state index is 0.562. The largest absolute Gasteiger partial charge is 0.331 e. The van der Waals surface area contributed by atoms with Gasteiger partial charge < -0.3 is 14.5 Å². The first-order valence-corrected chi connectivity index (χ1v) is 7.02. The van der Waals surface area contributed by atoms with Gasteiger partial charge in [0.05, 0.1) is 16.1 Å². The molecule has 1 aliphatic rings. The van der Waals surface area contributed by atoms with Crippen LogP contribution in [0, 0.1) is 4.77 Å². The zero-order valence-corrected chi connectivity index (χ0v) is 11.9. The average molecular weight is 282 g/mol. The van der Waals surface area contributed by atoms with E-state index in [1.165, 1.54) is 19.4 Å². The van der Waals surface area contributed by atoms with E-state index < -0.39 is 0 Å². The number of aromatic amines is 1. The summed E-state index contributed by atoms with van der Waals surface area (Å²) in [5, 5.41) is 0.764. The molecule has 0 bridgehead atoms. The molecule has 18 heavy (non-hydrogen) atoms. The molecule has 2 heterocycles. The van der Waals surface area contributed by atoms with Crippen LogP contribution in [0.15, 0.2) is 18.2 Å². The highest BCUT2D eigenvalue weighted by Crippen LogP contribution is 2.25. The highest BCUT2D eigenvalue weighted by molar-refractivity contribution is 7.71. The molecule has 1 unspecified atom stereocenters. The van der Waals surface area contributed by atoms with E-state index >= 15 is 0 Å². The first-order valence-electron chi connectivity index (χ1n) is 6.24. The molecule has 3 nitrogen and oxygen atoms in total. The van der Waals surface area contributed by atoms with Gasteiger partial charge in [0.1, 0.15) is 0 Å². The SMILES string of the molecule is CN1CCCC1Cn1c(=S)[nH]c2cccc(Cl)c21. The van der Waals surface area contributed by atoms with Gasteiger partial charge in [0.15, 0.2) is 4.77 Å². The molecule has 0 spiro atoms. The molecule has 1 N–H and O–H groups in total. The van der Waals surface area contributed by atoms with Gasteiger partial charge in [0.25, 0.3) is 0 Å². The van der Waals surface area contributed by atoms with Gasteiger partial charge in [-0.25, -0.2) is 0 Å². The second-order valence-electron chi connectivity index (χ2n) is 4.95. The number of aromatic nitrogens is 2. The van der Waals surface area contributed by atoms with Gasteiger partial charge in [-0.3, -0.25) is 0 Å². The number of hydrogen-bond donors (Lipinski definition) is 1. The van der Waals surface area contributed by atoms with Crippen LogP contribution in [0.1, 0.15) is 12.8 Å². The summed E-state index contributed by atoms with van der Waals surface area (Å²) in [6, 6.07) is 6.45. The van der Waals surface area contributed by atoms with Crippen molar-refractivity contribution >= 4 is 34.9 Å². The fraction of sp³-hybridized carbons (Fsp3) is 0.462. The van der Waals surface area contributed by atoms with E-state index in [4.69, 9.17) is 23.8 Å². The van der Waals surface area contributed by atoms with Gasteiger partial charge in [-0.2, -0.15) is 0 Å². The van der Waals surface area contributed by atoms with Crippen molar-refractivity contribution < 1.29 is 0 Å². The topological polar surface area (TPSA) is 24.0 Å². The van der Waals surface area contributed by atoms with Crippen molar-refractivity contribution in [3.8, 4) is 0 Å². The second kappa shape index (κ2) is 4.68. The third-order valence-electron chi connectivity index (χ3n) is 3.81. The van der Waals surface area contributed by atoms with Crippen LogP contribution < -0.4 is 0 Å². The molecule has 1 atom stereocenters. The van der Waals surface area contributed by atoms with Crippen molar-refractivity contribution in [2.75, 3.05) is 13.6 Å². The van der Waals surface area contributed by atoms with Crippen LogP contribution in [-0.2, 0) is 6.54 Å². The Morgan fingerprint density at radius 2 is 2.33 bits per heavy atom. The van der Waals surface area contributed by atoms with Crippen molar-refractivity contribution in [2.24, 2.45) is 0 Å². The highest BCUT2D eigenvalue weighted by atomic mass is 35.5. The van der Waals surface area contributed by atoms with E-state index in [2.05, 4.69) is 21.5 Å². The van der Waals surface area contributed by atoms with Crippen LogP contribution in [0.5, 0.6) is 0 Å². The number of benzene rings is 1. The lowest BCUT2D eigenvalue weighted by Crippen LogP contribution is -2.29. The standard InChI is InChI=1S/C13H16ClN3S/c1-16-7-3-4-9(16)8-17-12-10(14)5-2-6-11(12)15-13(17)18/h2,5-6,9H,3-4,7-8H2,1H3,(H,15,18). The fourth-order valence-electron chi connectivity index (χ4n) is 2.77. The summed E-state index contributed by atoms with van der Waals surface area (Å²) < 4.78 is 2.90. The van der Waals surface area contributed by atoms with Gasteiger partial charge in [-0.05, 0) is 50.8 Å². The molecule has 0 saturated carbocycles.